The van der Waals surface area contributed by atoms with Gasteiger partial charge in [0.2, 0.25) is 0 Å². The lowest BCUT2D eigenvalue weighted by Gasteiger charge is -2.25. The zero-order valence-electron chi connectivity index (χ0n) is 13.8. The number of nitrogens with zero attached hydrogens (tertiary/aromatic N) is 1. The number of nitrogens with one attached hydrogen (secondary N) is 1. The van der Waals surface area contributed by atoms with Gasteiger partial charge in [0, 0.05) is 15.4 Å². The van der Waals surface area contributed by atoms with Crippen molar-refractivity contribution in [3.8, 4) is 0 Å². The average molecular weight is 373 g/mol. The molecule has 0 saturated heterocycles. The van der Waals surface area contributed by atoms with Gasteiger partial charge in [-0.15, -0.1) is 22.7 Å². The molecule has 3 aromatic rings. The molecule has 0 bridgehead atoms. The van der Waals surface area contributed by atoms with Crippen LogP contribution >= 0.6 is 34.9 Å². The van der Waals surface area contributed by atoms with Gasteiger partial charge in [0.15, 0.2) is 5.11 Å². The van der Waals surface area contributed by atoms with Crippen molar-refractivity contribution in [1.82, 2.24) is 4.90 Å². The highest BCUT2D eigenvalue weighted by molar-refractivity contribution is 7.80. The summed E-state index contributed by atoms with van der Waals surface area (Å²) < 4.78 is 0. The number of anilines is 1. The third-order valence-electron chi connectivity index (χ3n) is 3.99. The van der Waals surface area contributed by atoms with Crippen LogP contribution in [0.5, 0.6) is 0 Å². The van der Waals surface area contributed by atoms with E-state index in [0.29, 0.717) is 0 Å². The molecule has 5 heteroatoms. The van der Waals surface area contributed by atoms with Crippen LogP contribution in [0.15, 0.2) is 53.2 Å². The van der Waals surface area contributed by atoms with Crippen LogP contribution in [0, 0.1) is 13.8 Å². The largest absolute Gasteiger partial charge is 0.339 e. The highest BCUT2D eigenvalue weighted by Crippen LogP contribution is 2.21. The van der Waals surface area contributed by atoms with Crippen molar-refractivity contribution in [2.75, 3.05) is 5.32 Å². The Morgan fingerprint density at radius 3 is 2.12 bits per heavy atom. The zero-order valence-corrected chi connectivity index (χ0v) is 16.2. The molecule has 1 aromatic carbocycles. The molecule has 0 unspecified atom stereocenters. The highest BCUT2D eigenvalue weighted by Gasteiger charge is 2.14. The van der Waals surface area contributed by atoms with Gasteiger partial charge in [-0.2, -0.15) is 0 Å². The molecule has 0 aliphatic heterocycles. The number of rotatable bonds is 5. The van der Waals surface area contributed by atoms with Gasteiger partial charge in [0.25, 0.3) is 0 Å². The number of thiocarbonyl (C=S) groups is 1. The quantitative estimate of drug-likeness (QED) is 0.568. The van der Waals surface area contributed by atoms with Crippen molar-refractivity contribution in [1.29, 1.82) is 0 Å². The second kappa shape index (κ2) is 7.92. The van der Waals surface area contributed by atoms with Crippen LogP contribution < -0.4 is 5.32 Å². The first-order chi connectivity index (χ1) is 11.6. The minimum Gasteiger partial charge on any atom is -0.339 e. The smallest absolute Gasteiger partial charge is 0.174 e. The van der Waals surface area contributed by atoms with E-state index >= 15 is 0 Å². The highest BCUT2D eigenvalue weighted by atomic mass is 32.1. The third-order valence-corrected chi connectivity index (χ3v) is 6.07. The van der Waals surface area contributed by atoms with Crippen molar-refractivity contribution in [2.24, 2.45) is 0 Å². The number of hydrogen-bond donors (Lipinski definition) is 1. The van der Waals surface area contributed by atoms with Crippen LogP contribution in [0.2, 0.25) is 0 Å². The molecule has 0 saturated carbocycles. The van der Waals surface area contributed by atoms with Crippen molar-refractivity contribution < 1.29 is 0 Å². The van der Waals surface area contributed by atoms with Gasteiger partial charge >= 0.3 is 0 Å². The molecule has 2 heterocycles. The number of hydrogen-bond acceptors (Lipinski definition) is 3. The Labute approximate surface area is 156 Å². The molecule has 0 atom stereocenters. The lowest BCUT2D eigenvalue weighted by molar-refractivity contribution is 0.420. The summed E-state index contributed by atoms with van der Waals surface area (Å²) in [5.74, 6) is 0. The third kappa shape index (κ3) is 4.23. The maximum atomic E-state index is 5.73. The second-order valence-electron chi connectivity index (χ2n) is 5.69. The molecule has 0 radical (unpaired) electrons. The molecule has 0 aliphatic rings. The lowest BCUT2D eigenvalue weighted by Crippen LogP contribution is -2.33. The Morgan fingerprint density at radius 1 is 0.958 bits per heavy atom. The van der Waals surface area contributed by atoms with Crippen molar-refractivity contribution >= 4 is 45.7 Å². The molecule has 1 N–H and O–H groups in total. The summed E-state index contributed by atoms with van der Waals surface area (Å²) in [6, 6.07) is 14.8. The number of thiophene rings is 2. The molecule has 3 rings (SSSR count). The summed E-state index contributed by atoms with van der Waals surface area (Å²) >= 11 is 9.27. The minimum atomic E-state index is 0.769. The van der Waals surface area contributed by atoms with Crippen LogP contribution in [0.3, 0.4) is 0 Å². The van der Waals surface area contributed by atoms with Gasteiger partial charge in [-0.3, -0.25) is 0 Å². The van der Waals surface area contributed by atoms with Crippen LogP contribution in [0.25, 0.3) is 0 Å². The fourth-order valence-electron chi connectivity index (χ4n) is 2.46. The molecule has 0 aliphatic carbocycles. The van der Waals surface area contributed by atoms with Crippen molar-refractivity contribution in [3.63, 3.8) is 0 Å². The van der Waals surface area contributed by atoms with Crippen LogP contribution in [-0.4, -0.2) is 10.0 Å². The molecule has 124 valence electrons. The first kappa shape index (κ1) is 17.1. The zero-order chi connectivity index (χ0) is 16.9. The van der Waals surface area contributed by atoms with Gasteiger partial charge in [-0.1, -0.05) is 24.3 Å². The number of benzene rings is 1. The Hall–Kier alpha value is -1.69. The maximum Gasteiger partial charge on any atom is 0.174 e. The Kier molecular flexibility index (Phi) is 5.66. The van der Waals surface area contributed by atoms with E-state index in [1.54, 1.807) is 22.7 Å². The van der Waals surface area contributed by atoms with Crippen molar-refractivity contribution in [2.45, 2.75) is 26.9 Å². The summed E-state index contributed by atoms with van der Waals surface area (Å²) in [5, 5.41) is 8.43. The van der Waals surface area contributed by atoms with E-state index in [1.807, 2.05) is 0 Å². The maximum absolute atomic E-state index is 5.73. The van der Waals surface area contributed by atoms with Gasteiger partial charge in [0.05, 0.1) is 13.1 Å². The Balaban J connectivity index is 1.78. The van der Waals surface area contributed by atoms with Crippen LogP contribution in [0.4, 0.5) is 5.69 Å². The van der Waals surface area contributed by atoms with E-state index in [0.717, 1.165) is 23.9 Å². The lowest BCUT2D eigenvalue weighted by atomic mass is 10.1. The summed E-state index contributed by atoms with van der Waals surface area (Å²) in [6.07, 6.45) is 0. The topological polar surface area (TPSA) is 15.3 Å². The summed E-state index contributed by atoms with van der Waals surface area (Å²) in [5.41, 5.74) is 3.60. The van der Waals surface area contributed by atoms with E-state index in [2.05, 4.69) is 77.3 Å². The van der Waals surface area contributed by atoms with E-state index in [1.165, 1.54) is 20.9 Å². The normalized spacial score (nSPS) is 10.6. The molecule has 0 fully saturated rings. The van der Waals surface area contributed by atoms with Crippen LogP contribution in [-0.2, 0) is 13.1 Å². The SMILES string of the molecule is Cc1cccc(NC(=S)N(Cc2cccs2)Cc2cccs2)c1C. The standard InChI is InChI=1S/C19H20N2S3/c1-14-6-3-9-18(15(14)2)20-19(22)21(12-16-7-4-10-23-16)13-17-8-5-11-24-17/h3-11H,12-13H2,1-2H3,(H,20,22). The van der Waals surface area contributed by atoms with E-state index < -0.39 is 0 Å². The van der Waals surface area contributed by atoms with E-state index in [9.17, 15) is 0 Å². The summed E-state index contributed by atoms with van der Waals surface area (Å²) in [7, 11) is 0. The molecule has 2 aromatic heterocycles. The average Bonchev–Trinajstić information content (AvgIpc) is 3.25. The van der Waals surface area contributed by atoms with E-state index in [4.69, 9.17) is 12.2 Å². The monoisotopic (exact) mass is 372 g/mol. The Bertz CT molecular complexity index is 756. The van der Waals surface area contributed by atoms with Gasteiger partial charge in [0.1, 0.15) is 0 Å². The minimum absolute atomic E-state index is 0.769. The summed E-state index contributed by atoms with van der Waals surface area (Å²) in [6.45, 7) is 5.90. The Morgan fingerprint density at radius 2 is 1.58 bits per heavy atom. The first-order valence-electron chi connectivity index (χ1n) is 7.80. The van der Waals surface area contributed by atoms with Gasteiger partial charge in [-0.25, -0.2) is 0 Å². The molecule has 0 spiro atoms. The predicted octanol–water partition coefficient (Wildman–Crippen LogP) is 5.83. The molecule has 0 amide bonds. The van der Waals surface area contributed by atoms with Gasteiger partial charge in [-0.05, 0) is 66.2 Å². The molecule has 2 nitrogen and oxygen atoms in total. The fourth-order valence-corrected chi connectivity index (χ4v) is 4.14. The molecular formula is C19H20N2S3. The fraction of sp³-hybridized carbons (Fsp3) is 0.211. The van der Waals surface area contributed by atoms with Crippen molar-refractivity contribution in [3.05, 3.63) is 74.1 Å². The molecule has 24 heavy (non-hydrogen) atoms. The summed E-state index contributed by atoms with van der Waals surface area (Å²) in [4.78, 5) is 4.86. The molecular weight excluding hydrogens is 352 g/mol. The van der Waals surface area contributed by atoms with Crippen LogP contribution in [0.1, 0.15) is 20.9 Å². The van der Waals surface area contributed by atoms with Gasteiger partial charge < -0.3 is 10.2 Å². The first-order valence-corrected chi connectivity index (χ1v) is 9.97. The predicted molar refractivity (Wildman–Crippen MR) is 110 cm³/mol. The second-order valence-corrected chi connectivity index (χ2v) is 8.14. The van der Waals surface area contributed by atoms with E-state index in [-0.39, 0.29) is 0 Å². The number of aryl methyl sites for hydroxylation is 1.